The first-order valence-electron chi connectivity index (χ1n) is 9.77. The summed E-state index contributed by atoms with van der Waals surface area (Å²) in [5, 5.41) is 0. The van der Waals surface area contributed by atoms with Gasteiger partial charge in [0.25, 0.3) is 0 Å². The molecule has 2 aliphatic rings. The van der Waals surface area contributed by atoms with Crippen LogP contribution in [0.5, 0.6) is 0 Å². The van der Waals surface area contributed by atoms with Gasteiger partial charge in [0.05, 0.1) is 0 Å². The summed E-state index contributed by atoms with van der Waals surface area (Å²) in [6.45, 7) is 7.95. The number of likely N-dealkylation sites (N-methyl/N-ethyl adjacent to an activating group) is 1. The largest absolute Gasteiger partial charge is 0.384 e. The number of rotatable bonds is 3. The molecule has 0 amide bonds. The Kier molecular flexibility index (Phi) is 4.81. The van der Waals surface area contributed by atoms with E-state index in [-0.39, 0.29) is 0 Å². The average Bonchev–Trinajstić information content (AvgIpc) is 2.69. The third-order valence-corrected chi connectivity index (χ3v) is 6.26. The molecule has 4 rings (SSSR count). The molecular formula is C21H29N5. The van der Waals surface area contributed by atoms with Gasteiger partial charge >= 0.3 is 0 Å². The van der Waals surface area contributed by atoms with Crippen LogP contribution < -0.4 is 10.6 Å². The first kappa shape index (κ1) is 17.3. The molecule has 5 nitrogen and oxygen atoms in total. The lowest BCUT2D eigenvalue weighted by atomic mass is 9.68. The number of nitrogen functional groups attached to an aromatic ring is 1. The van der Waals surface area contributed by atoms with Crippen molar-refractivity contribution in [2.24, 2.45) is 5.41 Å². The van der Waals surface area contributed by atoms with E-state index in [2.05, 4.69) is 57.0 Å². The van der Waals surface area contributed by atoms with Crippen molar-refractivity contribution in [1.29, 1.82) is 0 Å². The monoisotopic (exact) mass is 351 g/mol. The van der Waals surface area contributed by atoms with Gasteiger partial charge in [-0.3, -0.25) is 0 Å². The summed E-state index contributed by atoms with van der Waals surface area (Å²) in [7, 11) is 0. The van der Waals surface area contributed by atoms with Crippen LogP contribution in [0.1, 0.15) is 37.7 Å². The molecule has 1 aromatic heterocycles. The Morgan fingerprint density at radius 1 is 1.15 bits per heavy atom. The summed E-state index contributed by atoms with van der Waals surface area (Å²) in [6, 6.07) is 13.0. The first-order valence-corrected chi connectivity index (χ1v) is 9.77. The minimum atomic E-state index is 0.420. The number of nitrogens with two attached hydrogens (primary N) is 1. The van der Waals surface area contributed by atoms with Gasteiger partial charge in [-0.05, 0) is 42.7 Å². The maximum atomic E-state index is 5.84. The molecule has 0 saturated carbocycles. The quantitative estimate of drug-likeness (QED) is 0.920. The van der Waals surface area contributed by atoms with Gasteiger partial charge in [-0.15, -0.1) is 0 Å². The van der Waals surface area contributed by atoms with Gasteiger partial charge in [0.1, 0.15) is 18.0 Å². The van der Waals surface area contributed by atoms with E-state index >= 15 is 0 Å². The second-order valence-corrected chi connectivity index (χ2v) is 7.93. The number of anilines is 2. The zero-order valence-electron chi connectivity index (χ0n) is 15.6. The molecule has 2 aliphatic heterocycles. The third kappa shape index (κ3) is 3.54. The molecule has 0 unspecified atom stereocenters. The second-order valence-electron chi connectivity index (χ2n) is 7.93. The molecule has 3 heterocycles. The van der Waals surface area contributed by atoms with Crippen LogP contribution in [-0.2, 0) is 0 Å². The van der Waals surface area contributed by atoms with Crippen LogP contribution in [0.25, 0.3) is 0 Å². The molecular weight excluding hydrogens is 322 g/mol. The normalized spacial score (nSPS) is 23.3. The van der Waals surface area contributed by atoms with Crippen LogP contribution in [0.15, 0.2) is 42.7 Å². The van der Waals surface area contributed by atoms with Crippen molar-refractivity contribution in [2.75, 3.05) is 43.4 Å². The van der Waals surface area contributed by atoms with Gasteiger partial charge in [0.15, 0.2) is 0 Å². The van der Waals surface area contributed by atoms with Crippen molar-refractivity contribution < 1.29 is 0 Å². The van der Waals surface area contributed by atoms with E-state index in [9.17, 15) is 0 Å². The van der Waals surface area contributed by atoms with Crippen molar-refractivity contribution in [3.05, 3.63) is 48.3 Å². The number of aromatic nitrogens is 2. The van der Waals surface area contributed by atoms with Crippen LogP contribution >= 0.6 is 0 Å². The summed E-state index contributed by atoms with van der Waals surface area (Å²) in [5.74, 6) is 2.16. The molecule has 2 N–H and O–H groups in total. The van der Waals surface area contributed by atoms with Crippen molar-refractivity contribution >= 4 is 11.6 Å². The fraction of sp³-hybridized carbons (Fsp3) is 0.524. The van der Waals surface area contributed by atoms with Gasteiger partial charge < -0.3 is 15.5 Å². The van der Waals surface area contributed by atoms with E-state index < -0.39 is 0 Å². The Labute approximate surface area is 156 Å². The lowest BCUT2D eigenvalue weighted by Crippen LogP contribution is -2.51. The maximum Gasteiger partial charge on any atom is 0.134 e. The van der Waals surface area contributed by atoms with E-state index in [1.54, 1.807) is 6.33 Å². The van der Waals surface area contributed by atoms with E-state index in [4.69, 9.17) is 5.73 Å². The summed E-state index contributed by atoms with van der Waals surface area (Å²) in [6.07, 6.45) is 5.31. The lowest BCUT2D eigenvalue weighted by Gasteiger charge is -2.50. The van der Waals surface area contributed by atoms with Crippen molar-refractivity contribution in [2.45, 2.75) is 32.1 Å². The van der Waals surface area contributed by atoms with Crippen LogP contribution in [0.3, 0.4) is 0 Å². The van der Waals surface area contributed by atoms with Crippen LogP contribution in [0.4, 0.5) is 11.6 Å². The Morgan fingerprint density at radius 3 is 2.62 bits per heavy atom. The average molecular weight is 351 g/mol. The molecule has 2 saturated heterocycles. The zero-order chi connectivity index (χ0) is 18.0. The van der Waals surface area contributed by atoms with Crippen molar-refractivity contribution in [1.82, 2.24) is 14.9 Å². The van der Waals surface area contributed by atoms with Crippen LogP contribution in [0, 0.1) is 5.41 Å². The summed E-state index contributed by atoms with van der Waals surface area (Å²) >= 11 is 0. The molecule has 0 bridgehead atoms. The highest BCUT2D eigenvalue weighted by Gasteiger charge is 2.42. The van der Waals surface area contributed by atoms with Crippen LogP contribution in [0.2, 0.25) is 0 Å². The number of hydrogen-bond acceptors (Lipinski definition) is 5. The number of likely N-dealkylation sites (tertiary alicyclic amines) is 1. The topological polar surface area (TPSA) is 58.3 Å². The zero-order valence-corrected chi connectivity index (χ0v) is 15.6. The highest BCUT2D eigenvalue weighted by atomic mass is 15.2. The molecule has 1 spiro atoms. The molecule has 1 aromatic carbocycles. The first-order chi connectivity index (χ1) is 12.7. The number of piperidine rings is 2. The van der Waals surface area contributed by atoms with Crippen LogP contribution in [-0.4, -0.2) is 47.6 Å². The fourth-order valence-corrected chi connectivity index (χ4v) is 4.80. The third-order valence-electron chi connectivity index (χ3n) is 6.26. The molecule has 1 atom stereocenters. The smallest absolute Gasteiger partial charge is 0.134 e. The van der Waals surface area contributed by atoms with E-state index in [0.717, 1.165) is 25.5 Å². The predicted octanol–water partition coefficient (Wildman–Crippen LogP) is 3.15. The van der Waals surface area contributed by atoms with E-state index in [0.29, 0.717) is 17.2 Å². The number of nitrogens with zero attached hydrogens (tertiary/aromatic N) is 4. The fourth-order valence-electron chi connectivity index (χ4n) is 4.80. The minimum Gasteiger partial charge on any atom is -0.384 e. The highest BCUT2D eigenvalue weighted by molar-refractivity contribution is 5.46. The Morgan fingerprint density at radius 2 is 1.92 bits per heavy atom. The van der Waals surface area contributed by atoms with Gasteiger partial charge in [-0.2, -0.15) is 0 Å². The molecule has 138 valence electrons. The molecule has 0 aliphatic carbocycles. The summed E-state index contributed by atoms with van der Waals surface area (Å²) in [5.41, 5.74) is 7.75. The lowest BCUT2D eigenvalue weighted by molar-refractivity contribution is 0.0543. The minimum absolute atomic E-state index is 0.420. The Balaban J connectivity index is 1.49. The van der Waals surface area contributed by atoms with Crippen molar-refractivity contribution in [3.8, 4) is 0 Å². The van der Waals surface area contributed by atoms with Gasteiger partial charge in [-0.25, -0.2) is 9.97 Å². The molecule has 2 fully saturated rings. The Hall–Kier alpha value is -2.14. The van der Waals surface area contributed by atoms with Gasteiger partial charge in [-0.1, -0.05) is 37.3 Å². The van der Waals surface area contributed by atoms with Gasteiger partial charge in [0, 0.05) is 32.2 Å². The SMILES string of the molecule is CCN1C[C@H](c2ccccc2)CC2(CCN(c3cc(N)ncn3)CC2)C1. The van der Waals surface area contributed by atoms with Gasteiger partial charge in [0.2, 0.25) is 0 Å². The Bertz CT molecular complexity index is 724. The summed E-state index contributed by atoms with van der Waals surface area (Å²) in [4.78, 5) is 13.4. The highest BCUT2D eigenvalue weighted by Crippen LogP contribution is 2.45. The number of benzene rings is 1. The predicted molar refractivity (Wildman–Crippen MR) is 106 cm³/mol. The van der Waals surface area contributed by atoms with E-state index in [1.807, 2.05) is 6.07 Å². The van der Waals surface area contributed by atoms with E-state index in [1.165, 1.54) is 37.9 Å². The summed E-state index contributed by atoms with van der Waals surface area (Å²) < 4.78 is 0. The number of hydrogen-bond donors (Lipinski definition) is 1. The molecule has 26 heavy (non-hydrogen) atoms. The standard InChI is InChI=1S/C21H29N5/c1-2-25-14-18(17-6-4-3-5-7-17)13-21(15-25)8-10-26(11-9-21)20-12-19(22)23-16-24-20/h3-7,12,16,18H,2,8-11,13-15H2,1H3,(H2,22,23,24)/t18-/m1/s1. The maximum absolute atomic E-state index is 5.84. The molecule has 0 radical (unpaired) electrons. The van der Waals surface area contributed by atoms with Crippen molar-refractivity contribution in [3.63, 3.8) is 0 Å². The molecule has 2 aromatic rings. The molecule has 5 heteroatoms. The second kappa shape index (κ2) is 7.23.